The molecule has 0 spiro atoms. The summed E-state index contributed by atoms with van der Waals surface area (Å²) >= 11 is 2.77. The number of carbonyl (C=O) groups is 6. The summed E-state index contributed by atoms with van der Waals surface area (Å²) in [6, 6.07) is 17.3. The van der Waals surface area contributed by atoms with Crippen molar-refractivity contribution in [1.82, 2.24) is 39.7 Å². The molecule has 0 saturated carbocycles. The number of nitrogens with one attached hydrogen (secondary N) is 4. The van der Waals surface area contributed by atoms with Crippen molar-refractivity contribution in [3.05, 3.63) is 125 Å². The minimum atomic E-state index is -3.59. The first-order chi connectivity index (χ1) is 36.7. The molecule has 2 aliphatic heterocycles. The Morgan fingerprint density at radius 2 is 1.70 bits per heavy atom. The van der Waals surface area contributed by atoms with Crippen LogP contribution in [-0.4, -0.2) is 137 Å². The van der Waals surface area contributed by atoms with Crippen molar-refractivity contribution >= 4 is 85.0 Å². The third-order valence-corrected chi connectivity index (χ3v) is 17.1. The third kappa shape index (κ3) is 14.0. The highest BCUT2D eigenvalue weighted by molar-refractivity contribution is 7.89. The van der Waals surface area contributed by atoms with E-state index in [0.29, 0.717) is 51.0 Å². The monoisotopic (exact) mass is 1110 g/mol. The van der Waals surface area contributed by atoms with Gasteiger partial charge < -0.3 is 41.1 Å². The molecule has 77 heavy (non-hydrogen) atoms. The van der Waals surface area contributed by atoms with Crippen LogP contribution >= 0.6 is 22.7 Å². The van der Waals surface area contributed by atoms with Gasteiger partial charge in [-0.1, -0.05) is 93.6 Å². The zero-order chi connectivity index (χ0) is 55.1. The zero-order valence-corrected chi connectivity index (χ0v) is 46.3. The van der Waals surface area contributed by atoms with Gasteiger partial charge in [0.2, 0.25) is 46.0 Å². The summed E-state index contributed by atoms with van der Waals surface area (Å²) in [5.74, 6) is -2.05. The molecule has 2 saturated heterocycles. The lowest BCUT2D eigenvalue weighted by atomic mass is 9.74. The first-order valence-electron chi connectivity index (χ1n) is 25.5. The molecule has 408 valence electrons. The summed E-state index contributed by atoms with van der Waals surface area (Å²) in [4.78, 5) is 95.4. The van der Waals surface area contributed by atoms with Crippen LogP contribution in [0.5, 0.6) is 0 Å². The molecule has 1 aliphatic carbocycles. The summed E-state index contributed by atoms with van der Waals surface area (Å²) in [6.07, 6.45) is 11.0. The van der Waals surface area contributed by atoms with Gasteiger partial charge in [0.15, 0.2) is 5.13 Å². The van der Waals surface area contributed by atoms with Crippen molar-refractivity contribution in [2.24, 2.45) is 11.3 Å². The van der Waals surface area contributed by atoms with E-state index in [1.807, 2.05) is 106 Å². The number of β-amino-alcohol motifs (C(OH)–C–C–N with tert-alkyl or cyclic N) is 1. The number of aromatic nitrogens is 3. The highest BCUT2D eigenvalue weighted by Crippen LogP contribution is 2.40. The Labute approximate surface area is 456 Å². The van der Waals surface area contributed by atoms with Crippen molar-refractivity contribution < 1.29 is 42.3 Å². The summed E-state index contributed by atoms with van der Waals surface area (Å²) < 4.78 is 24.9. The number of benzene rings is 2. The molecule has 2 aromatic carbocycles. The standard InChI is InChI=1S/C55H66N10O9S3/c1-36-48(76-34-58-36)39-15-13-37(14-16-39)28-56-51(71)44-26-43(67)30-65(44)52(72)49(54(2,3)4)60-46(68)20-24-62-22-17-40(18-23-62)50(70)57-33-55(21-9-12-41(27-55)38-10-7-6-8-11-38)45-32-75-53(59-45)61-47(69)31-63(35-66)42-19-25-64(29-42)77(5,73)74/h6-16,19,21,25,29,32,34-35,40,43-44,49,67H,17-18,20,22-24,26-28,30-31,33H2,1-5H3,(H,56,71)(H,57,70)(H,60,68)(H,59,61,69)/t43-,44+,49-,55?/m1/s1. The summed E-state index contributed by atoms with van der Waals surface area (Å²) in [6.45, 7) is 9.14. The van der Waals surface area contributed by atoms with E-state index in [2.05, 4.69) is 31.2 Å². The number of carbonyl (C=O) groups excluding carboxylic acids is 6. The van der Waals surface area contributed by atoms with E-state index in [-0.39, 0.29) is 73.5 Å². The fourth-order valence-corrected chi connectivity index (χ4v) is 12.2. The maximum atomic E-state index is 14.2. The Morgan fingerprint density at radius 1 is 0.961 bits per heavy atom. The van der Waals surface area contributed by atoms with E-state index in [0.717, 1.165) is 48.0 Å². The smallest absolute Gasteiger partial charge is 0.246 e. The number of allylic oxidation sites excluding steroid dienone is 3. The number of hydrogen-bond acceptors (Lipinski definition) is 14. The van der Waals surface area contributed by atoms with E-state index >= 15 is 0 Å². The van der Waals surface area contributed by atoms with Gasteiger partial charge in [0.25, 0.3) is 0 Å². The second kappa shape index (κ2) is 24.2. The van der Waals surface area contributed by atoms with Crippen molar-refractivity contribution in [3.63, 3.8) is 0 Å². The fraction of sp³-hybridized carbons (Fsp3) is 0.418. The molecule has 3 aliphatic rings. The van der Waals surface area contributed by atoms with Gasteiger partial charge in [0.1, 0.15) is 18.6 Å². The molecule has 0 radical (unpaired) electrons. The molecule has 3 aromatic heterocycles. The predicted octanol–water partition coefficient (Wildman–Crippen LogP) is 5.09. The van der Waals surface area contributed by atoms with Crippen LogP contribution in [-0.2, 0) is 50.8 Å². The molecule has 5 heterocycles. The number of hydrogen-bond donors (Lipinski definition) is 5. The number of rotatable bonds is 20. The van der Waals surface area contributed by atoms with E-state index in [1.54, 1.807) is 16.8 Å². The number of nitrogens with zero attached hydrogens (tertiary/aromatic N) is 6. The van der Waals surface area contributed by atoms with Crippen LogP contribution in [0.25, 0.3) is 16.0 Å². The number of anilines is 2. The molecule has 2 fully saturated rings. The third-order valence-electron chi connectivity index (χ3n) is 14.3. The lowest BCUT2D eigenvalue weighted by Crippen LogP contribution is -2.58. The highest BCUT2D eigenvalue weighted by Gasteiger charge is 2.45. The van der Waals surface area contributed by atoms with Crippen molar-refractivity contribution in [2.45, 2.75) is 89.9 Å². The van der Waals surface area contributed by atoms with Crippen molar-refractivity contribution in [2.75, 3.05) is 55.7 Å². The lowest BCUT2D eigenvalue weighted by Gasteiger charge is -2.36. The molecule has 1 unspecified atom stereocenters. The maximum absolute atomic E-state index is 14.2. The normalized spacial score (nSPS) is 19.5. The Kier molecular flexibility index (Phi) is 17.7. The van der Waals surface area contributed by atoms with E-state index in [4.69, 9.17) is 4.98 Å². The molecular weight excluding hydrogens is 1040 g/mol. The van der Waals surface area contributed by atoms with E-state index < -0.39 is 50.9 Å². The minimum absolute atomic E-state index is 0.0282. The Balaban J connectivity index is 0.831. The van der Waals surface area contributed by atoms with Crippen LogP contribution in [0, 0.1) is 18.3 Å². The summed E-state index contributed by atoms with van der Waals surface area (Å²) in [5.41, 5.74) is 6.11. The van der Waals surface area contributed by atoms with Crippen LogP contribution in [0.3, 0.4) is 0 Å². The Bertz CT molecular complexity index is 3120. The first kappa shape index (κ1) is 56.4. The van der Waals surface area contributed by atoms with Crippen LogP contribution in [0.4, 0.5) is 10.8 Å². The molecule has 0 bridgehead atoms. The van der Waals surface area contributed by atoms with Crippen molar-refractivity contribution in [1.29, 1.82) is 0 Å². The second-order valence-electron chi connectivity index (χ2n) is 21.1. The molecule has 5 N–H and O–H groups in total. The lowest BCUT2D eigenvalue weighted by molar-refractivity contribution is -0.144. The number of amides is 6. The minimum Gasteiger partial charge on any atom is -0.391 e. The van der Waals surface area contributed by atoms with Gasteiger partial charge in [-0.3, -0.25) is 32.7 Å². The van der Waals surface area contributed by atoms with Crippen LogP contribution < -0.4 is 26.2 Å². The van der Waals surface area contributed by atoms with Gasteiger partial charge in [0, 0.05) is 62.7 Å². The second-order valence-corrected chi connectivity index (χ2v) is 24.7. The van der Waals surface area contributed by atoms with Gasteiger partial charge in [0.05, 0.1) is 45.2 Å². The summed E-state index contributed by atoms with van der Waals surface area (Å²) in [5, 5.41) is 24.7. The maximum Gasteiger partial charge on any atom is 0.246 e. The average Bonchev–Trinajstić information content (AvgIpc) is 4.26. The van der Waals surface area contributed by atoms with Crippen LogP contribution in [0.15, 0.2) is 102 Å². The van der Waals surface area contributed by atoms with Crippen LogP contribution in [0.1, 0.15) is 75.4 Å². The van der Waals surface area contributed by atoms with Crippen molar-refractivity contribution in [3.8, 4) is 10.4 Å². The topological polar surface area (TPSA) is 245 Å². The van der Waals surface area contributed by atoms with Gasteiger partial charge >= 0.3 is 0 Å². The Hall–Kier alpha value is -6.85. The average molecular weight is 1110 g/mol. The quantitative estimate of drug-likeness (QED) is 0.0640. The summed E-state index contributed by atoms with van der Waals surface area (Å²) in [7, 11) is -3.59. The Morgan fingerprint density at radius 3 is 2.36 bits per heavy atom. The molecule has 19 nitrogen and oxygen atoms in total. The number of aliphatic hydroxyl groups is 1. The van der Waals surface area contributed by atoms with Gasteiger partial charge in [-0.2, -0.15) is 0 Å². The van der Waals surface area contributed by atoms with Gasteiger partial charge in [-0.15, -0.1) is 22.7 Å². The number of thiazole rings is 2. The largest absolute Gasteiger partial charge is 0.391 e. The SMILES string of the molecule is Cc1ncsc1-c1ccc(CNC(=O)[C@@H]2C[C@@H](O)CN2C(=O)[C@@H](NC(=O)CCN2CCC(C(=O)NCC3(c4csc(NC(=O)CN(C=O)c5ccn(S(C)(=O)=O)c5)n4)C=CC=C(c4ccccc4)C3)CC2)C(C)(C)C)cc1. The number of aliphatic hydroxyl groups excluding tert-OH is 1. The predicted molar refractivity (Wildman–Crippen MR) is 297 cm³/mol. The number of likely N-dealkylation sites (tertiary alicyclic amines) is 2. The molecule has 4 atom stereocenters. The molecule has 5 aromatic rings. The first-order valence-corrected chi connectivity index (χ1v) is 29.2. The van der Waals surface area contributed by atoms with Crippen LogP contribution in [0.2, 0.25) is 0 Å². The van der Waals surface area contributed by atoms with Gasteiger partial charge in [-0.25, -0.2) is 18.4 Å². The number of aryl methyl sites for hydroxylation is 1. The number of piperidine rings is 1. The van der Waals surface area contributed by atoms with Gasteiger partial charge in [-0.05, 0) is 73.0 Å². The molecule has 8 rings (SSSR count). The zero-order valence-electron chi connectivity index (χ0n) is 43.8. The van der Waals surface area contributed by atoms with E-state index in [1.165, 1.54) is 34.7 Å². The fourth-order valence-electron chi connectivity index (χ4n) is 9.93. The van der Waals surface area contributed by atoms with E-state index in [9.17, 15) is 42.3 Å². The molecule has 22 heteroatoms. The molecule has 6 amide bonds. The molecular formula is C55H66N10O9S3. The highest BCUT2D eigenvalue weighted by atomic mass is 32.2.